The molecule has 0 spiro atoms. The number of hydrogen-bond donors (Lipinski definition) is 6. The van der Waals surface area contributed by atoms with Gasteiger partial charge in [0.15, 0.2) is 29.2 Å². The number of benzene rings is 1. The maximum absolute atomic E-state index is 12.8. The number of unbranched alkanes of at least 4 members (excludes halogenated alkanes) is 4. The highest BCUT2D eigenvalue weighted by atomic mass is 16.5. The van der Waals surface area contributed by atoms with Crippen molar-refractivity contribution in [3.05, 3.63) is 70.3 Å². The molecule has 0 fully saturated rings. The number of carbonyl (C=O) groups is 2. The monoisotopic (exact) mass is 595 g/mol. The number of H-pyrrole nitrogens is 1. The fourth-order valence-electron chi connectivity index (χ4n) is 5.73. The van der Waals surface area contributed by atoms with Gasteiger partial charge in [0.05, 0.1) is 12.9 Å². The van der Waals surface area contributed by atoms with Crippen molar-refractivity contribution < 1.29 is 29.6 Å². The summed E-state index contributed by atoms with van der Waals surface area (Å²) in [6.07, 6.45) is 8.79. The highest BCUT2D eigenvalue weighted by Crippen LogP contribution is 2.44. The first-order valence-corrected chi connectivity index (χ1v) is 15.5. The van der Waals surface area contributed by atoms with Crippen LogP contribution >= 0.6 is 0 Å². The molecule has 7 N–H and O–H groups in total. The zero-order valence-corrected chi connectivity index (χ0v) is 25.8. The summed E-state index contributed by atoms with van der Waals surface area (Å²) in [7, 11) is 1.46. The fourth-order valence-corrected chi connectivity index (χ4v) is 5.73. The van der Waals surface area contributed by atoms with Gasteiger partial charge in [-0.15, -0.1) is 0 Å². The smallest absolute Gasteiger partial charge is 0.170 e. The molecule has 1 aliphatic heterocycles. The van der Waals surface area contributed by atoms with Crippen molar-refractivity contribution in [2.24, 2.45) is 11.7 Å². The summed E-state index contributed by atoms with van der Waals surface area (Å²) in [6.45, 7) is 4.54. The van der Waals surface area contributed by atoms with E-state index < -0.39 is 23.6 Å². The zero-order chi connectivity index (χ0) is 31.4. The van der Waals surface area contributed by atoms with Crippen LogP contribution in [-0.2, 0) is 28.9 Å². The summed E-state index contributed by atoms with van der Waals surface area (Å²) in [5.41, 5.74) is 10.3. The van der Waals surface area contributed by atoms with Crippen molar-refractivity contribution in [2.75, 3.05) is 20.3 Å². The lowest BCUT2D eigenvalue weighted by molar-refractivity contribution is -0.138. The summed E-state index contributed by atoms with van der Waals surface area (Å²) in [5, 5.41) is 35.4. The summed E-state index contributed by atoms with van der Waals surface area (Å²) >= 11 is 0. The molecule has 0 aliphatic carbocycles. The molecule has 0 radical (unpaired) electrons. The van der Waals surface area contributed by atoms with Crippen LogP contribution in [-0.4, -0.2) is 58.2 Å². The number of dihydropyridines is 1. The Morgan fingerprint density at radius 2 is 1.77 bits per heavy atom. The quantitative estimate of drug-likeness (QED) is 0.103. The molecule has 1 aromatic heterocycles. The van der Waals surface area contributed by atoms with E-state index in [1.807, 2.05) is 30.4 Å². The third-order valence-corrected chi connectivity index (χ3v) is 8.22. The summed E-state index contributed by atoms with van der Waals surface area (Å²) in [4.78, 5) is 28.6. The van der Waals surface area contributed by atoms with Crippen LogP contribution in [0.25, 0.3) is 0 Å². The highest BCUT2D eigenvalue weighted by molar-refractivity contribution is 6.05. The van der Waals surface area contributed by atoms with Crippen LogP contribution in [0.2, 0.25) is 0 Å². The van der Waals surface area contributed by atoms with Crippen LogP contribution in [0.1, 0.15) is 87.2 Å². The van der Waals surface area contributed by atoms with Gasteiger partial charge in [-0.05, 0) is 67.0 Å². The van der Waals surface area contributed by atoms with Gasteiger partial charge in [-0.25, -0.2) is 0 Å². The molecule has 1 aliphatic rings. The number of phenolic OH excluding ortho intramolecular Hbond substituents is 1. The van der Waals surface area contributed by atoms with Crippen molar-refractivity contribution in [3.8, 4) is 11.5 Å². The number of Topliss-reactive ketones (excluding diaryl/α,β-unsaturated/α-hetero) is 2. The van der Waals surface area contributed by atoms with Crippen LogP contribution in [0.5, 0.6) is 11.5 Å². The van der Waals surface area contributed by atoms with Crippen molar-refractivity contribution in [2.45, 2.75) is 90.1 Å². The van der Waals surface area contributed by atoms with Crippen LogP contribution < -0.4 is 15.8 Å². The number of nitrogens with one attached hydrogen (secondary N) is 2. The number of methoxy groups -OCH3 is 1. The Kier molecular flexibility index (Phi) is 13.3. The molecule has 9 heteroatoms. The minimum absolute atomic E-state index is 0.0358. The van der Waals surface area contributed by atoms with E-state index in [1.54, 1.807) is 6.07 Å². The number of carbonyl (C=O) groups excluding carboxylic acids is 2. The number of hydrogen-bond acceptors (Lipinski definition) is 8. The minimum Gasteiger partial charge on any atom is -0.504 e. The molecule has 0 amide bonds. The molecular formula is C34H49N3O6. The van der Waals surface area contributed by atoms with Crippen LogP contribution in [0.4, 0.5) is 0 Å². The van der Waals surface area contributed by atoms with E-state index in [1.165, 1.54) is 7.11 Å². The molecule has 1 aromatic carbocycles. The van der Waals surface area contributed by atoms with Crippen LogP contribution in [0, 0.1) is 5.92 Å². The predicted octanol–water partition coefficient (Wildman–Crippen LogP) is 4.35. The number of aromatic amines is 1. The zero-order valence-electron chi connectivity index (χ0n) is 25.8. The van der Waals surface area contributed by atoms with Crippen molar-refractivity contribution in [1.82, 2.24) is 10.3 Å². The standard InChI is InChI=1S/C34H49N3O6/c1-4-6-7-8-9-10-28(39)34(42)29(40)14-11-22-17-27(33(41)30(18-22)43-3)32(23-15-16-36-31(35)20-23)24(21-38)19-26-13-12-25(5-2)37-26/h12-13,15,17-18,20,24,32,34,36-38,41-42H,4-11,14,16,19,21,35H2,1-3H3/t24-,32-,34-/m0/s1. The van der Waals surface area contributed by atoms with Gasteiger partial charge in [0.25, 0.3) is 0 Å². The average Bonchev–Trinajstić information content (AvgIpc) is 3.47. The van der Waals surface area contributed by atoms with Crippen molar-refractivity contribution in [3.63, 3.8) is 0 Å². The number of aromatic hydroxyl groups is 1. The van der Waals surface area contributed by atoms with E-state index >= 15 is 0 Å². The Bertz CT molecular complexity index is 1280. The van der Waals surface area contributed by atoms with Gasteiger partial charge in [0.2, 0.25) is 0 Å². The van der Waals surface area contributed by atoms with Gasteiger partial charge in [0, 0.05) is 48.9 Å². The van der Waals surface area contributed by atoms with Crippen molar-refractivity contribution >= 4 is 11.6 Å². The SMILES string of the molecule is CCCCCCCC(=O)[C@H](O)C(=O)CCc1cc(OC)c(O)c([C@@H](C2=CCNC(N)=C2)[C@H](CO)Cc2ccc(CC)[nH]2)c1. The number of ether oxygens (including phenoxy) is 1. The lowest BCUT2D eigenvalue weighted by Crippen LogP contribution is -2.30. The van der Waals surface area contributed by atoms with E-state index in [9.17, 15) is 24.9 Å². The normalized spacial score (nSPS) is 15.2. The molecular weight excluding hydrogens is 546 g/mol. The average molecular weight is 596 g/mol. The highest BCUT2D eigenvalue weighted by Gasteiger charge is 2.31. The number of aryl methyl sites for hydroxylation is 2. The largest absolute Gasteiger partial charge is 0.504 e. The third kappa shape index (κ3) is 9.46. The van der Waals surface area contributed by atoms with E-state index in [2.05, 4.69) is 24.1 Å². The van der Waals surface area contributed by atoms with Crippen molar-refractivity contribution in [1.29, 1.82) is 0 Å². The second-order valence-corrected chi connectivity index (χ2v) is 11.4. The molecule has 9 nitrogen and oxygen atoms in total. The Morgan fingerprint density at radius 1 is 1.05 bits per heavy atom. The van der Waals surface area contributed by atoms with E-state index in [-0.39, 0.29) is 43.3 Å². The lowest BCUT2D eigenvalue weighted by atomic mass is 9.76. The molecule has 2 aromatic rings. The molecule has 0 bridgehead atoms. The maximum Gasteiger partial charge on any atom is 0.170 e. The fraction of sp³-hybridized carbons (Fsp3) is 0.529. The predicted molar refractivity (Wildman–Crippen MR) is 168 cm³/mol. The molecule has 3 rings (SSSR count). The first-order chi connectivity index (χ1) is 20.7. The van der Waals surface area contributed by atoms with Gasteiger partial charge in [-0.3, -0.25) is 9.59 Å². The number of aliphatic hydroxyl groups is 2. The number of nitrogens with two attached hydrogens (primary N) is 1. The number of rotatable bonds is 19. The van der Waals surface area contributed by atoms with Gasteiger partial charge in [-0.1, -0.05) is 51.7 Å². The summed E-state index contributed by atoms with van der Waals surface area (Å²) in [6, 6.07) is 7.53. The Labute approximate surface area is 255 Å². The summed E-state index contributed by atoms with van der Waals surface area (Å²) < 4.78 is 5.52. The number of ketones is 2. The number of phenols is 1. The van der Waals surface area contributed by atoms with Gasteiger partial charge < -0.3 is 36.1 Å². The number of allylic oxidation sites excluding steroid dienone is 2. The first-order valence-electron chi connectivity index (χ1n) is 15.5. The van der Waals surface area contributed by atoms with Crippen LogP contribution in [0.3, 0.4) is 0 Å². The maximum atomic E-state index is 12.8. The van der Waals surface area contributed by atoms with E-state index in [0.29, 0.717) is 36.3 Å². The molecule has 3 atom stereocenters. The van der Waals surface area contributed by atoms with Gasteiger partial charge >= 0.3 is 0 Å². The number of aliphatic hydroxyl groups excluding tert-OH is 2. The third-order valence-electron chi connectivity index (χ3n) is 8.22. The van der Waals surface area contributed by atoms with Gasteiger partial charge in [-0.2, -0.15) is 0 Å². The molecule has 0 saturated carbocycles. The molecule has 0 saturated heterocycles. The number of aromatic nitrogens is 1. The second kappa shape index (κ2) is 16.9. The van der Waals surface area contributed by atoms with Gasteiger partial charge in [0.1, 0.15) is 0 Å². The Hall–Kier alpha value is -3.56. The Morgan fingerprint density at radius 3 is 2.42 bits per heavy atom. The molecule has 236 valence electrons. The molecule has 0 unspecified atom stereocenters. The van der Waals surface area contributed by atoms with E-state index in [4.69, 9.17) is 10.5 Å². The van der Waals surface area contributed by atoms with E-state index in [0.717, 1.165) is 49.1 Å². The molecule has 2 heterocycles. The lowest BCUT2D eigenvalue weighted by Gasteiger charge is -2.30. The Balaban J connectivity index is 1.86. The topological polar surface area (TPSA) is 158 Å². The second-order valence-electron chi connectivity index (χ2n) is 11.4. The molecule has 43 heavy (non-hydrogen) atoms. The summed E-state index contributed by atoms with van der Waals surface area (Å²) in [5.74, 6) is -1.04. The van der Waals surface area contributed by atoms with Crippen LogP contribution in [0.15, 0.2) is 47.8 Å². The first kappa shape index (κ1) is 33.9. The minimum atomic E-state index is -1.63.